The van der Waals surface area contributed by atoms with E-state index in [-0.39, 0.29) is 0 Å². The smallest absolute Gasteiger partial charge is 0.272 e. The predicted octanol–water partition coefficient (Wildman–Crippen LogP) is 2.90. The lowest BCUT2D eigenvalue weighted by Gasteiger charge is -2.12. The zero-order valence-corrected chi connectivity index (χ0v) is 9.82. The molecule has 0 spiro atoms. The molecule has 0 aromatic heterocycles. The van der Waals surface area contributed by atoms with Gasteiger partial charge in [-0.3, -0.25) is 4.79 Å². The van der Waals surface area contributed by atoms with Crippen LogP contribution in [0.4, 0.5) is 18.9 Å². The molecule has 1 unspecified atom stereocenters. The van der Waals surface area contributed by atoms with Gasteiger partial charge in [-0.05, 0) is 26.0 Å². The Bertz CT molecular complexity index is 505. The summed E-state index contributed by atoms with van der Waals surface area (Å²) in [5.41, 5.74) is 0.253. The van der Waals surface area contributed by atoms with Crippen molar-refractivity contribution < 1.29 is 18.0 Å². The predicted molar refractivity (Wildman–Crippen MR) is 61.3 cm³/mol. The van der Waals surface area contributed by atoms with E-state index in [0.29, 0.717) is 5.69 Å². The number of alkyl halides is 3. The van der Waals surface area contributed by atoms with Gasteiger partial charge in [0.15, 0.2) is 5.71 Å². The summed E-state index contributed by atoms with van der Waals surface area (Å²) < 4.78 is 37.9. The Kier molecular flexibility index (Phi) is 2.88. The van der Waals surface area contributed by atoms with E-state index in [0.717, 1.165) is 10.6 Å². The van der Waals surface area contributed by atoms with Gasteiger partial charge in [-0.1, -0.05) is 17.7 Å². The first-order valence-electron chi connectivity index (χ1n) is 5.37. The minimum Gasteiger partial charge on any atom is -0.272 e. The minimum absolute atomic E-state index is 0.344. The topological polar surface area (TPSA) is 32.7 Å². The molecule has 1 aliphatic rings. The molecule has 0 saturated carbocycles. The molecule has 1 heterocycles. The lowest BCUT2D eigenvalue weighted by Crippen LogP contribution is -2.31. The fraction of sp³-hybridized carbons (Fsp3) is 0.333. The van der Waals surface area contributed by atoms with Crippen molar-refractivity contribution in [1.82, 2.24) is 0 Å². The number of aryl methyl sites for hydroxylation is 1. The van der Waals surface area contributed by atoms with Crippen molar-refractivity contribution in [2.75, 3.05) is 5.01 Å². The van der Waals surface area contributed by atoms with Crippen molar-refractivity contribution in [2.45, 2.75) is 20.0 Å². The van der Waals surface area contributed by atoms with Crippen LogP contribution in [0.15, 0.2) is 29.4 Å². The normalized spacial score (nSPS) is 20.3. The molecule has 0 bridgehead atoms. The fourth-order valence-electron chi connectivity index (χ4n) is 1.72. The van der Waals surface area contributed by atoms with E-state index in [9.17, 15) is 18.0 Å². The Morgan fingerprint density at radius 1 is 1.22 bits per heavy atom. The van der Waals surface area contributed by atoms with Crippen molar-refractivity contribution in [1.29, 1.82) is 0 Å². The highest BCUT2D eigenvalue weighted by molar-refractivity contribution is 6.17. The molecule has 6 heteroatoms. The van der Waals surface area contributed by atoms with Gasteiger partial charge >= 0.3 is 6.18 Å². The van der Waals surface area contributed by atoms with E-state index >= 15 is 0 Å². The number of carbonyl (C=O) groups excluding carboxylic acids is 1. The third kappa shape index (κ3) is 2.10. The van der Waals surface area contributed by atoms with Crippen molar-refractivity contribution in [3.05, 3.63) is 29.8 Å². The first-order chi connectivity index (χ1) is 8.30. The van der Waals surface area contributed by atoms with Crippen LogP contribution in [0, 0.1) is 12.8 Å². The Morgan fingerprint density at radius 3 is 2.22 bits per heavy atom. The molecule has 96 valence electrons. The van der Waals surface area contributed by atoms with E-state index < -0.39 is 23.7 Å². The highest BCUT2D eigenvalue weighted by Gasteiger charge is 2.47. The summed E-state index contributed by atoms with van der Waals surface area (Å²) in [7, 11) is 0. The van der Waals surface area contributed by atoms with Crippen LogP contribution in [0.2, 0.25) is 0 Å². The maximum atomic E-state index is 12.6. The summed E-state index contributed by atoms with van der Waals surface area (Å²) in [6.45, 7) is 3.06. The van der Waals surface area contributed by atoms with Crippen LogP contribution < -0.4 is 5.01 Å². The fourth-order valence-corrected chi connectivity index (χ4v) is 1.72. The van der Waals surface area contributed by atoms with E-state index in [1.54, 1.807) is 24.3 Å². The lowest BCUT2D eigenvalue weighted by atomic mass is 10.1. The number of amides is 1. The number of benzene rings is 1. The Labute approximate surface area is 102 Å². The number of rotatable bonds is 1. The number of nitrogens with zero attached hydrogens (tertiary/aromatic N) is 2. The molecule has 0 fully saturated rings. The standard InChI is InChI=1S/C12H11F3N2O/c1-7-3-5-9(6-4-7)17-11(18)8(2)10(16-17)12(13,14)15/h3-6,8H,1-2H3. The molecule has 18 heavy (non-hydrogen) atoms. The Morgan fingerprint density at radius 2 is 1.78 bits per heavy atom. The number of hydrazone groups is 1. The zero-order chi connectivity index (χ0) is 13.5. The molecule has 1 aliphatic heterocycles. The first-order valence-corrected chi connectivity index (χ1v) is 5.37. The largest absolute Gasteiger partial charge is 0.432 e. The van der Waals surface area contributed by atoms with Gasteiger partial charge in [-0.25, -0.2) is 0 Å². The third-order valence-electron chi connectivity index (χ3n) is 2.77. The second-order valence-corrected chi connectivity index (χ2v) is 4.19. The number of carbonyl (C=O) groups is 1. The van der Waals surface area contributed by atoms with Crippen LogP contribution in [0.25, 0.3) is 0 Å². The average Bonchev–Trinajstić information content (AvgIpc) is 2.57. The van der Waals surface area contributed by atoms with Crippen molar-refractivity contribution >= 4 is 17.3 Å². The SMILES string of the molecule is Cc1ccc(N2N=C(C(F)(F)F)C(C)C2=O)cc1. The molecular weight excluding hydrogens is 245 g/mol. The summed E-state index contributed by atoms with van der Waals surface area (Å²) in [4.78, 5) is 11.8. The van der Waals surface area contributed by atoms with Gasteiger partial charge in [0, 0.05) is 0 Å². The van der Waals surface area contributed by atoms with Crippen molar-refractivity contribution in [3.8, 4) is 0 Å². The first kappa shape index (κ1) is 12.6. The lowest BCUT2D eigenvalue weighted by molar-refractivity contribution is -0.120. The molecule has 1 aromatic rings. The van der Waals surface area contributed by atoms with Crippen LogP contribution in [0.5, 0.6) is 0 Å². The summed E-state index contributed by atoms with van der Waals surface area (Å²) in [5.74, 6) is -1.92. The molecule has 1 aromatic carbocycles. The van der Waals surface area contributed by atoms with Crippen LogP contribution in [-0.4, -0.2) is 17.8 Å². The summed E-state index contributed by atoms with van der Waals surface area (Å²) >= 11 is 0. The van der Waals surface area contributed by atoms with E-state index in [4.69, 9.17) is 0 Å². The molecule has 0 saturated heterocycles. The monoisotopic (exact) mass is 256 g/mol. The molecule has 1 atom stereocenters. The van der Waals surface area contributed by atoms with E-state index in [1.807, 2.05) is 6.92 Å². The molecule has 0 aliphatic carbocycles. The zero-order valence-electron chi connectivity index (χ0n) is 9.82. The molecule has 0 radical (unpaired) electrons. The van der Waals surface area contributed by atoms with Gasteiger partial charge < -0.3 is 0 Å². The van der Waals surface area contributed by atoms with Crippen molar-refractivity contribution in [2.24, 2.45) is 11.0 Å². The highest BCUT2D eigenvalue weighted by atomic mass is 19.4. The number of anilines is 1. The maximum Gasteiger partial charge on any atom is 0.432 e. The summed E-state index contributed by atoms with van der Waals surface area (Å²) in [5, 5.41) is 4.21. The molecule has 0 N–H and O–H groups in total. The van der Waals surface area contributed by atoms with Gasteiger partial charge in [-0.15, -0.1) is 0 Å². The van der Waals surface area contributed by atoms with Gasteiger partial charge in [0.1, 0.15) is 0 Å². The minimum atomic E-state index is -4.57. The van der Waals surface area contributed by atoms with Crippen molar-refractivity contribution in [3.63, 3.8) is 0 Å². The van der Waals surface area contributed by atoms with E-state index in [1.165, 1.54) is 6.92 Å². The van der Waals surface area contributed by atoms with Crippen LogP contribution in [0.3, 0.4) is 0 Å². The number of hydrogen-bond donors (Lipinski definition) is 0. The van der Waals surface area contributed by atoms with Crippen LogP contribution >= 0.6 is 0 Å². The third-order valence-corrected chi connectivity index (χ3v) is 2.77. The second kappa shape index (κ2) is 4.12. The highest BCUT2D eigenvalue weighted by Crippen LogP contribution is 2.31. The van der Waals surface area contributed by atoms with Gasteiger partial charge in [0.05, 0.1) is 11.6 Å². The Balaban J connectivity index is 2.38. The molecule has 3 nitrogen and oxygen atoms in total. The van der Waals surface area contributed by atoms with Gasteiger partial charge in [-0.2, -0.15) is 23.3 Å². The molecule has 2 rings (SSSR count). The summed E-state index contributed by atoms with van der Waals surface area (Å²) in [6, 6.07) is 6.58. The number of halogens is 3. The molecule has 1 amide bonds. The van der Waals surface area contributed by atoms with E-state index in [2.05, 4.69) is 5.10 Å². The van der Waals surface area contributed by atoms with Gasteiger partial charge in [0.25, 0.3) is 5.91 Å². The quantitative estimate of drug-likeness (QED) is 0.760. The van der Waals surface area contributed by atoms with Gasteiger partial charge in [0.2, 0.25) is 0 Å². The van der Waals surface area contributed by atoms with Crippen LogP contribution in [-0.2, 0) is 4.79 Å². The number of hydrogen-bond acceptors (Lipinski definition) is 2. The maximum absolute atomic E-state index is 12.6. The van der Waals surface area contributed by atoms with Crippen LogP contribution in [0.1, 0.15) is 12.5 Å². The molecular formula is C12H11F3N2O. The second-order valence-electron chi connectivity index (χ2n) is 4.19. The Hall–Kier alpha value is -1.85. The average molecular weight is 256 g/mol. The summed E-state index contributed by atoms with van der Waals surface area (Å²) in [6.07, 6.45) is -4.57.